The fourth-order valence-corrected chi connectivity index (χ4v) is 3.77. The molecule has 1 unspecified atom stereocenters. The van der Waals surface area contributed by atoms with E-state index in [2.05, 4.69) is 70.4 Å². The minimum absolute atomic E-state index is 0.678. The van der Waals surface area contributed by atoms with E-state index in [9.17, 15) is 0 Å². The number of benzene rings is 1. The molecule has 0 saturated carbocycles. The van der Waals surface area contributed by atoms with E-state index < -0.39 is 0 Å². The molecular formula is C13H18INS. The zero-order chi connectivity index (χ0) is 11.4. The SMILES string of the molecule is CCCN1CCSC(c2ccc(I)cc2)C1. The molecule has 0 amide bonds. The Labute approximate surface area is 116 Å². The Balaban J connectivity index is 2.01. The zero-order valence-electron chi connectivity index (χ0n) is 9.66. The number of hydrogen-bond donors (Lipinski definition) is 0. The number of hydrogen-bond acceptors (Lipinski definition) is 2. The van der Waals surface area contributed by atoms with Crippen molar-refractivity contribution in [3.63, 3.8) is 0 Å². The minimum atomic E-state index is 0.678. The minimum Gasteiger partial charge on any atom is -0.301 e. The number of thioether (sulfide) groups is 1. The van der Waals surface area contributed by atoms with Gasteiger partial charge in [-0.15, -0.1) is 0 Å². The van der Waals surface area contributed by atoms with Gasteiger partial charge in [0.1, 0.15) is 0 Å². The van der Waals surface area contributed by atoms with E-state index in [1.54, 1.807) is 0 Å². The Hall–Kier alpha value is 0.260. The van der Waals surface area contributed by atoms with Gasteiger partial charge in [-0.05, 0) is 53.3 Å². The zero-order valence-corrected chi connectivity index (χ0v) is 12.6. The van der Waals surface area contributed by atoms with Crippen LogP contribution in [0.25, 0.3) is 0 Å². The number of rotatable bonds is 3. The summed E-state index contributed by atoms with van der Waals surface area (Å²) in [4.78, 5) is 2.60. The monoisotopic (exact) mass is 347 g/mol. The third kappa shape index (κ3) is 3.37. The highest BCUT2D eigenvalue weighted by molar-refractivity contribution is 14.1. The molecular weight excluding hydrogens is 329 g/mol. The van der Waals surface area contributed by atoms with Crippen LogP contribution in [-0.2, 0) is 0 Å². The fourth-order valence-electron chi connectivity index (χ4n) is 2.10. The van der Waals surface area contributed by atoms with E-state index in [0.717, 1.165) is 0 Å². The Morgan fingerprint density at radius 1 is 1.38 bits per heavy atom. The summed E-state index contributed by atoms with van der Waals surface area (Å²) in [6, 6.07) is 9.01. The fraction of sp³-hybridized carbons (Fsp3) is 0.538. The van der Waals surface area contributed by atoms with Gasteiger partial charge in [-0.3, -0.25) is 0 Å². The Bertz CT molecular complexity index is 323. The van der Waals surface area contributed by atoms with Crippen LogP contribution in [0.1, 0.15) is 24.2 Å². The predicted molar refractivity (Wildman–Crippen MR) is 81.1 cm³/mol. The van der Waals surface area contributed by atoms with Crippen molar-refractivity contribution >= 4 is 34.4 Å². The van der Waals surface area contributed by atoms with Crippen LogP contribution < -0.4 is 0 Å². The van der Waals surface area contributed by atoms with E-state index in [0.29, 0.717) is 5.25 Å². The van der Waals surface area contributed by atoms with E-state index in [1.165, 1.54) is 40.9 Å². The summed E-state index contributed by atoms with van der Waals surface area (Å²) in [5.74, 6) is 1.27. The molecule has 16 heavy (non-hydrogen) atoms. The lowest BCUT2D eigenvalue weighted by Gasteiger charge is -2.32. The van der Waals surface area contributed by atoms with Crippen molar-refractivity contribution in [2.75, 3.05) is 25.4 Å². The van der Waals surface area contributed by atoms with Crippen molar-refractivity contribution in [2.45, 2.75) is 18.6 Å². The smallest absolute Gasteiger partial charge is 0.0424 e. The third-order valence-electron chi connectivity index (χ3n) is 2.93. The molecule has 1 saturated heterocycles. The lowest BCUT2D eigenvalue weighted by molar-refractivity contribution is 0.284. The van der Waals surface area contributed by atoms with E-state index >= 15 is 0 Å². The Morgan fingerprint density at radius 3 is 2.81 bits per heavy atom. The van der Waals surface area contributed by atoms with Crippen molar-refractivity contribution in [2.24, 2.45) is 0 Å². The summed E-state index contributed by atoms with van der Waals surface area (Å²) in [6.45, 7) is 6.00. The molecule has 0 spiro atoms. The maximum atomic E-state index is 2.60. The highest BCUT2D eigenvalue weighted by atomic mass is 127. The second-order valence-corrected chi connectivity index (χ2v) is 6.77. The largest absolute Gasteiger partial charge is 0.301 e. The van der Waals surface area contributed by atoms with Gasteiger partial charge < -0.3 is 4.90 Å². The standard InChI is InChI=1S/C13H18INS/c1-2-7-15-8-9-16-13(10-15)11-3-5-12(14)6-4-11/h3-6,13H,2,7-10H2,1H3. The van der Waals surface area contributed by atoms with Crippen LogP contribution >= 0.6 is 34.4 Å². The van der Waals surface area contributed by atoms with Gasteiger partial charge in [0.05, 0.1) is 0 Å². The first-order chi connectivity index (χ1) is 7.79. The van der Waals surface area contributed by atoms with Crippen molar-refractivity contribution in [1.29, 1.82) is 0 Å². The molecule has 1 nitrogen and oxygen atoms in total. The Morgan fingerprint density at radius 2 is 2.12 bits per heavy atom. The average Bonchev–Trinajstić information content (AvgIpc) is 2.31. The maximum Gasteiger partial charge on any atom is 0.0424 e. The molecule has 0 aliphatic carbocycles. The maximum absolute atomic E-state index is 2.60. The van der Waals surface area contributed by atoms with Crippen LogP contribution in [-0.4, -0.2) is 30.3 Å². The van der Waals surface area contributed by atoms with Crippen LogP contribution in [0.5, 0.6) is 0 Å². The van der Waals surface area contributed by atoms with Crippen molar-refractivity contribution in [3.8, 4) is 0 Å². The van der Waals surface area contributed by atoms with Gasteiger partial charge in [0.2, 0.25) is 0 Å². The molecule has 0 radical (unpaired) electrons. The van der Waals surface area contributed by atoms with Gasteiger partial charge in [0.15, 0.2) is 0 Å². The lowest BCUT2D eigenvalue weighted by atomic mass is 10.1. The molecule has 0 aromatic heterocycles. The van der Waals surface area contributed by atoms with E-state index in [-0.39, 0.29) is 0 Å². The highest BCUT2D eigenvalue weighted by Gasteiger charge is 2.20. The summed E-state index contributed by atoms with van der Waals surface area (Å²) in [5.41, 5.74) is 1.49. The van der Waals surface area contributed by atoms with Crippen LogP contribution in [0.15, 0.2) is 24.3 Å². The third-order valence-corrected chi connectivity index (χ3v) is 4.89. The van der Waals surface area contributed by atoms with Crippen LogP contribution in [0.2, 0.25) is 0 Å². The van der Waals surface area contributed by atoms with E-state index in [4.69, 9.17) is 0 Å². The van der Waals surface area contributed by atoms with Gasteiger partial charge >= 0.3 is 0 Å². The Kier molecular flexibility index (Phi) is 4.97. The van der Waals surface area contributed by atoms with Gasteiger partial charge in [0.25, 0.3) is 0 Å². The van der Waals surface area contributed by atoms with Crippen molar-refractivity contribution in [3.05, 3.63) is 33.4 Å². The van der Waals surface area contributed by atoms with Crippen molar-refractivity contribution < 1.29 is 0 Å². The predicted octanol–water partition coefficient (Wildman–Crippen LogP) is 3.79. The quantitative estimate of drug-likeness (QED) is 0.766. The second kappa shape index (κ2) is 6.26. The molecule has 0 bridgehead atoms. The van der Waals surface area contributed by atoms with Crippen LogP contribution in [0.4, 0.5) is 0 Å². The average molecular weight is 347 g/mol. The first-order valence-electron chi connectivity index (χ1n) is 5.89. The van der Waals surface area contributed by atoms with Gasteiger partial charge in [0, 0.05) is 27.7 Å². The second-order valence-electron chi connectivity index (χ2n) is 4.21. The molecule has 0 N–H and O–H groups in total. The molecule has 1 fully saturated rings. The summed E-state index contributed by atoms with van der Waals surface area (Å²) in [5, 5.41) is 0.678. The molecule has 88 valence electrons. The molecule has 3 heteroatoms. The molecule has 2 rings (SSSR count). The van der Waals surface area contributed by atoms with Crippen molar-refractivity contribution in [1.82, 2.24) is 4.90 Å². The summed E-state index contributed by atoms with van der Waals surface area (Å²) in [6.07, 6.45) is 1.27. The molecule has 1 aromatic carbocycles. The number of halogens is 1. The van der Waals surface area contributed by atoms with Gasteiger partial charge in [-0.25, -0.2) is 0 Å². The topological polar surface area (TPSA) is 3.24 Å². The molecule has 1 aliphatic heterocycles. The summed E-state index contributed by atoms with van der Waals surface area (Å²) >= 11 is 4.48. The van der Waals surface area contributed by atoms with E-state index in [1.807, 2.05) is 0 Å². The lowest BCUT2D eigenvalue weighted by Crippen LogP contribution is -2.34. The normalized spacial score (nSPS) is 22.2. The summed E-state index contributed by atoms with van der Waals surface area (Å²) < 4.78 is 1.33. The summed E-state index contributed by atoms with van der Waals surface area (Å²) in [7, 11) is 0. The molecule has 1 atom stereocenters. The molecule has 1 aromatic rings. The molecule has 1 heterocycles. The molecule has 1 aliphatic rings. The number of nitrogens with zero attached hydrogens (tertiary/aromatic N) is 1. The first kappa shape index (κ1) is 12.7. The van der Waals surface area contributed by atoms with Gasteiger partial charge in [-0.1, -0.05) is 19.1 Å². The highest BCUT2D eigenvalue weighted by Crippen LogP contribution is 2.33. The van der Waals surface area contributed by atoms with Gasteiger partial charge in [-0.2, -0.15) is 11.8 Å². The van der Waals surface area contributed by atoms with Crippen LogP contribution in [0, 0.1) is 3.57 Å². The van der Waals surface area contributed by atoms with Crippen LogP contribution in [0.3, 0.4) is 0 Å². The first-order valence-corrected chi connectivity index (χ1v) is 8.01.